The second-order valence-electron chi connectivity index (χ2n) is 5.99. The summed E-state index contributed by atoms with van der Waals surface area (Å²) >= 11 is 1.38. The van der Waals surface area contributed by atoms with E-state index in [1.165, 1.54) is 17.4 Å². The molecule has 0 saturated heterocycles. The summed E-state index contributed by atoms with van der Waals surface area (Å²) < 4.78 is 16.2. The highest BCUT2D eigenvalue weighted by atomic mass is 32.1. The van der Waals surface area contributed by atoms with Crippen LogP contribution in [0.25, 0.3) is 17.3 Å². The zero-order chi connectivity index (χ0) is 19.3. The van der Waals surface area contributed by atoms with Gasteiger partial charge in [-0.05, 0) is 48.0 Å². The van der Waals surface area contributed by atoms with Crippen LogP contribution in [0.1, 0.15) is 5.56 Å². The number of fused-ring (bicyclic) bond motifs is 1. The summed E-state index contributed by atoms with van der Waals surface area (Å²) in [6, 6.07) is 13.2. The third-order valence-corrected chi connectivity index (χ3v) is 4.87. The monoisotopic (exact) mass is 394 g/mol. The van der Waals surface area contributed by atoms with Gasteiger partial charge in [-0.2, -0.15) is 0 Å². The number of carbonyl (C=O) groups excluding carboxylic acids is 1. The molecule has 0 bridgehead atoms. The third kappa shape index (κ3) is 4.15. The standard InChI is InChI=1S/C21H18N2O4S/c1-25-16-6-4-15(5-7-16)17-13-28-21(22-17)23-20(24)9-3-14-2-8-18-19(12-14)27-11-10-26-18/h2-9,12-13H,10-11H2,1H3,(H,22,23,24)/b9-3-. The topological polar surface area (TPSA) is 69.7 Å². The van der Waals surface area contributed by atoms with Gasteiger partial charge in [0.05, 0.1) is 12.8 Å². The number of rotatable bonds is 5. The maximum atomic E-state index is 12.2. The normalized spacial score (nSPS) is 12.8. The number of anilines is 1. The minimum atomic E-state index is -0.245. The number of aromatic nitrogens is 1. The van der Waals surface area contributed by atoms with Crippen LogP contribution in [0.5, 0.6) is 17.2 Å². The van der Waals surface area contributed by atoms with Gasteiger partial charge >= 0.3 is 0 Å². The van der Waals surface area contributed by atoms with Crippen molar-refractivity contribution in [1.82, 2.24) is 4.98 Å². The maximum Gasteiger partial charge on any atom is 0.250 e. The molecule has 0 atom stereocenters. The molecule has 1 amide bonds. The lowest BCUT2D eigenvalue weighted by molar-refractivity contribution is -0.111. The fourth-order valence-electron chi connectivity index (χ4n) is 2.71. The van der Waals surface area contributed by atoms with Crippen LogP contribution < -0.4 is 19.5 Å². The van der Waals surface area contributed by atoms with Crippen LogP contribution in [0.4, 0.5) is 5.13 Å². The maximum absolute atomic E-state index is 12.2. The Hall–Kier alpha value is -3.32. The van der Waals surface area contributed by atoms with E-state index in [4.69, 9.17) is 14.2 Å². The van der Waals surface area contributed by atoms with E-state index in [1.54, 1.807) is 13.2 Å². The van der Waals surface area contributed by atoms with E-state index in [9.17, 15) is 4.79 Å². The molecule has 6 nitrogen and oxygen atoms in total. The smallest absolute Gasteiger partial charge is 0.250 e. The Bertz CT molecular complexity index is 1010. The summed E-state index contributed by atoms with van der Waals surface area (Å²) in [4.78, 5) is 16.7. The lowest BCUT2D eigenvalue weighted by Gasteiger charge is -2.18. The number of methoxy groups -OCH3 is 1. The number of carbonyl (C=O) groups is 1. The van der Waals surface area contributed by atoms with Gasteiger partial charge in [-0.25, -0.2) is 4.98 Å². The first-order valence-electron chi connectivity index (χ1n) is 8.70. The second kappa shape index (κ2) is 8.14. The molecule has 142 valence electrons. The van der Waals surface area contributed by atoms with Gasteiger partial charge in [0.25, 0.3) is 0 Å². The van der Waals surface area contributed by atoms with Crippen LogP contribution >= 0.6 is 11.3 Å². The van der Waals surface area contributed by atoms with Crippen LogP contribution in [-0.2, 0) is 4.79 Å². The van der Waals surface area contributed by atoms with Crippen molar-refractivity contribution in [2.45, 2.75) is 0 Å². The lowest BCUT2D eigenvalue weighted by atomic mass is 10.2. The van der Waals surface area contributed by atoms with E-state index in [-0.39, 0.29) is 5.91 Å². The predicted octanol–water partition coefficient (Wildman–Crippen LogP) is 4.24. The highest BCUT2D eigenvalue weighted by molar-refractivity contribution is 7.14. The van der Waals surface area contributed by atoms with Crippen molar-refractivity contribution in [2.75, 3.05) is 25.6 Å². The van der Waals surface area contributed by atoms with Crippen molar-refractivity contribution in [3.8, 4) is 28.5 Å². The molecule has 0 aliphatic carbocycles. The van der Waals surface area contributed by atoms with Crippen molar-refractivity contribution < 1.29 is 19.0 Å². The molecule has 28 heavy (non-hydrogen) atoms. The number of hydrogen-bond acceptors (Lipinski definition) is 6. The largest absolute Gasteiger partial charge is 0.497 e. The molecule has 0 spiro atoms. The molecule has 2 heterocycles. The summed E-state index contributed by atoms with van der Waals surface area (Å²) in [5.41, 5.74) is 2.63. The molecule has 0 unspecified atom stereocenters. The van der Waals surface area contributed by atoms with Crippen LogP contribution in [-0.4, -0.2) is 31.2 Å². The number of nitrogens with one attached hydrogen (secondary N) is 1. The second-order valence-corrected chi connectivity index (χ2v) is 6.85. The van der Waals surface area contributed by atoms with Gasteiger partial charge in [-0.3, -0.25) is 10.1 Å². The average molecular weight is 394 g/mol. The summed E-state index contributed by atoms with van der Waals surface area (Å²) in [5, 5.41) is 5.24. The third-order valence-electron chi connectivity index (χ3n) is 4.11. The molecule has 7 heteroatoms. The minimum absolute atomic E-state index is 0.245. The van der Waals surface area contributed by atoms with Crippen LogP contribution in [0.2, 0.25) is 0 Å². The van der Waals surface area contributed by atoms with Crippen LogP contribution in [0, 0.1) is 0 Å². The zero-order valence-electron chi connectivity index (χ0n) is 15.2. The number of nitrogens with zero attached hydrogens (tertiary/aromatic N) is 1. The fraction of sp³-hybridized carbons (Fsp3) is 0.143. The highest BCUT2D eigenvalue weighted by Gasteiger charge is 2.11. The van der Waals surface area contributed by atoms with Gasteiger partial charge in [0.15, 0.2) is 16.6 Å². The number of amides is 1. The Labute approximate surface area is 166 Å². The van der Waals surface area contributed by atoms with E-state index in [2.05, 4.69) is 10.3 Å². The molecule has 1 aromatic heterocycles. The Morgan fingerprint density at radius 2 is 1.93 bits per heavy atom. The molecule has 2 aromatic carbocycles. The van der Waals surface area contributed by atoms with Crippen molar-refractivity contribution in [1.29, 1.82) is 0 Å². The first-order valence-corrected chi connectivity index (χ1v) is 9.58. The molecule has 0 radical (unpaired) electrons. The molecule has 1 aliphatic heterocycles. The van der Waals surface area contributed by atoms with Gasteiger partial charge in [0, 0.05) is 17.0 Å². The Balaban J connectivity index is 1.40. The molecule has 0 fully saturated rings. The Morgan fingerprint density at radius 3 is 2.71 bits per heavy atom. The Morgan fingerprint density at radius 1 is 1.14 bits per heavy atom. The molecular formula is C21H18N2O4S. The molecule has 4 rings (SSSR count). The van der Waals surface area contributed by atoms with E-state index in [0.717, 1.165) is 28.3 Å². The molecule has 0 saturated carbocycles. The number of benzene rings is 2. The van der Waals surface area contributed by atoms with Gasteiger partial charge < -0.3 is 14.2 Å². The van der Waals surface area contributed by atoms with E-state index in [1.807, 2.05) is 47.8 Å². The highest BCUT2D eigenvalue weighted by Crippen LogP contribution is 2.31. The number of hydrogen-bond donors (Lipinski definition) is 1. The molecule has 3 aromatic rings. The number of thiazole rings is 1. The summed E-state index contributed by atoms with van der Waals surface area (Å²) in [6.45, 7) is 1.08. The Kier molecular flexibility index (Phi) is 5.25. The van der Waals surface area contributed by atoms with Crippen molar-refractivity contribution in [3.05, 3.63) is 59.5 Å². The summed E-state index contributed by atoms with van der Waals surface area (Å²) in [5.74, 6) is 1.96. The fourth-order valence-corrected chi connectivity index (χ4v) is 3.43. The molecule has 1 aliphatic rings. The van der Waals surface area contributed by atoms with Crippen LogP contribution in [0.15, 0.2) is 53.9 Å². The van der Waals surface area contributed by atoms with Crippen molar-refractivity contribution in [2.24, 2.45) is 0 Å². The van der Waals surface area contributed by atoms with E-state index >= 15 is 0 Å². The van der Waals surface area contributed by atoms with Crippen LogP contribution in [0.3, 0.4) is 0 Å². The molecular weight excluding hydrogens is 376 g/mol. The zero-order valence-corrected chi connectivity index (χ0v) is 16.0. The first kappa shape index (κ1) is 18.1. The van der Waals surface area contributed by atoms with Gasteiger partial charge in [0.2, 0.25) is 5.91 Å². The average Bonchev–Trinajstić information content (AvgIpc) is 3.20. The molecule has 1 N–H and O–H groups in total. The first-order chi connectivity index (χ1) is 13.7. The van der Waals surface area contributed by atoms with Gasteiger partial charge in [-0.1, -0.05) is 6.07 Å². The van der Waals surface area contributed by atoms with E-state index in [0.29, 0.717) is 24.1 Å². The van der Waals surface area contributed by atoms with Crippen molar-refractivity contribution >= 4 is 28.5 Å². The van der Waals surface area contributed by atoms with Gasteiger partial charge in [0.1, 0.15) is 19.0 Å². The van der Waals surface area contributed by atoms with Gasteiger partial charge in [-0.15, -0.1) is 11.3 Å². The minimum Gasteiger partial charge on any atom is -0.497 e. The SMILES string of the molecule is COc1ccc(-c2csc(NC(=O)/C=C\c3ccc4c(c3)OCCO4)n2)cc1. The number of ether oxygens (including phenoxy) is 3. The van der Waals surface area contributed by atoms with E-state index < -0.39 is 0 Å². The van der Waals surface area contributed by atoms with Crippen molar-refractivity contribution in [3.63, 3.8) is 0 Å². The summed E-state index contributed by atoms with van der Waals surface area (Å²) in [6.07, 6.45) is 3.20. The summed E-state index contributed by atoms with van der Waals surface area (Å²) in [7, 11) is 1.63. The lowest BCUT2D eigenvalue weighted by Crippen LogP contribution is -2.15. The predicted molar refractivity (Wildman–Crippen MR) is 109 cm³/mol. The quantitative estimate of drug-likeness (QED) is 0.656.